The molecule has 0 radical (unpaired) electrons. The van der Waals surface area contributed by atoms with Crippen LogP contribution in [0.25, 0.3) is 11.6 Å². The number of hydrogen-bond donors (Lipinski definition) is 0. The van der Waals surface area contributed by atoms with Gasteiger partial charge in [0.15, 0.2) is 0 Å². The van der Waals surface area contributed by atoms with E-state index in [1.54, 1.807) is 31.4 Å². The van der Waals surface area contributed by atoms with Crippen LogP contribution in [0, 0.1) is 11.3 Å². The highest BCUT2D eigenvalue weighted by molar-refractivity contribution is 6.36. The van der Waals surface area contributed by atoms with Crippen LogP contribution in [0.2, 0.25) is 10.0 Å². The van der Waals surface area contributed by atoms with Gasteiger partial charge in [-0.1, -0.05) is 41.4 Å². The Bertz CT molecular complexity index is 685. The summed E-state index contributed by atoms with van der Waals surface area (Å²) in [6.07, 6.45) is 1.77. The van der Waals surface area contributed by atoms with Crippen LogP contribution in [-0.2, 0) is 0 Å². The minimum absolute atomic E-state index is 0.457. The van der Waals surface area contributed by atoms with E-state index in [-0.39, 0.29) is 0 Å². The molecule has 0 saturated carbocycles. The van der Waals surface area contributed by atoms with Gasteiger partial charge in [-0.2, -0.15) is 5.26 Å². The van der Waals surface area contributed by atoms with E-state index in [1.165, 1.54) is 0 Å². The summed E-state index contributed by atoms with van der Waals surface area (Å²) in [5, 5.41) is 10.3. The topological polar surface area (TPSA) is 33.0 Å². The predicted octanol–water partition coefficient (Wildman–Crippen LogP) is 5.07. The van der Waals surface area contributed by atoms with Crippen molar-refractivity contribution in [2.75, 3.05) is 7.11 Å². The van der Waals surface area contributed by atoms with Crippen molar-refractivity contribution in [3.05, 3.63) is 63.6 Å². The molecule has 0 N–H and O–H groups in total. The summed E-state index contributed by atoms with van der Waals surface area (Å²) in [5.74, 6) is 0.769. The SMILES string of the molecule is COc1ccc(/C=C(\C#N)c2ccc(Cl)cc2Cl)cc1. The maximum absolute atomic E-state index is 9.30. The van der Waals surface area contributed by atoms with Crippen LogP contribution in [0.1, 0.15) is 11.1 Å². The first-order valence-electron chi connectivity index (χ1n) is 5.85. The molecule has 0 fully saturated rings. The predicted molar refractivity (Wildman–Crippen MR) is 82.9 cm³/mol. The van der Waals surface area contributed by atoms with Crippen LogP contribution in [0.3, 0.4) is 0 Å². The minimum atomic E-state index is 0.457. The second-order valence-electron chi connectivity index (χ2n) is 4.07. The minimum Gasteiger partial charge on any atom is -0.497 e. The molecule has 2 aromatic rings. The molecule has 0 aliphatic carbocycles. The van der Waals surface area contributed by atoms with Crippen LogP contribution < -0.4 is 4.74 Å². The van der Waals surface area contributed by atoms with Gasteiger partial charge in [-0.25, -0.2) is 0 Å². The molecule has 0 saturated heterocycles. The number of rotatable bonds is 3. The van der Waals surface area contributed by atoms with Gasteiger partial charge in [-0.3, -0.25) is 0 Å². The van der Waals surface area contributed by atoms with Gasteiger partial charge in [-0.15, -0.1) is 0 Å². The largest absolute Gasteiger partial charge is 0.497 e. The molecule has 0 aliphatic rings. The van der Waals surface area contributed by atoms with Crippen LogP contribution in [0.5, 0.6) is 5.75 Å². The Hall–Kier alpha value is -1.95. The van der Waals surface area contributed by atoms with Gasteiger partial charge in [0, 0.05) is 10.6 Å². The summed E-state index contributed by atoms with van der Waals surface area (Å²) in [7, 11) is 1.61. The molecular formula is C16H11Cl2NO. The van der Waals surface area contributed by atoms with Crippen LogP contribution in [0.15, 0.2) is 42.5 Å². The summed E-state index contributed by atoms with van der Waals surface area (Å²) in [6.45, 7) is 0. The lowest BCUT2D eigenvalue weighted by atomic mass is 10.0. The number of nitrogens with zero attached hydrogens (tertiary/aromatic N) is 1. The highest BCUT2D eigenvalue weighted by Gasteiger charge is 2.07. The Morgan fingerprint density at radius 1 is 1.15 bits per heavy atom. The van der Waals surface area contributed by atoms with Crippen molar-refractivity contribution < 1.29 is 4.74 Å². The number of benzene rings is 2. The average Bonchev–Trinajstić information content (AvgIpc) is 2.46. The molecular weight excluding hydrogens is 293 g/mol. The number of methoxy groups -OCH3 is 1. The van der Waals surface area contributed by atoms with Gasteiger partial charge in [0.1, 0.15) is 5.75 Å². The number of nitriles is 1. The third-order valence-corrected chi connectivity index (χ3v) is 3.32. The highest BCUT2D eigenvalue weighted by atomic mass is 35.5. The zero-order valence-corrected chi connectivity index (χ0v) is 12.2. The molecule has 4 heteroatoms. The smallest absolute Gasteiger partial charge is 0.118 e. The first-order chi connectivity index (χ1) is 9.63. The monoisotopic (exact) mass is 303 g/mol. The van der Waals surface area contributed by atoms with E-state index in [4.69, 9.17) is 27.9 Å². The van der Waals surface area contributed by atoms with Crippen molar-refractivity contribution in [1.29, 1.82) is 5.26 Å². The lowest BCUT2D eigenvalue weighted by molar-refractivity contribution is 0.415. The summed E-state index contributed by atoms with van der Waals surface area (Å²) < 4.78 is 5.10. The maximum atomic E-state index is 9.30. The Morgan fingerprint density at radius 3 is 2.40 bits per heavy atom. The normalized spacial score (nSPS) is 11.0. The molecule has 2 nitrogen and oxygen atoms in total. The number of allylic oxidation sites excluding steroid dienone is 1. The Labute approximate surface area is 127 Å². The fourth-order valence-electron chi connectivity index (χ4n) is 1.74. The van der Waals surface area contributed by atoms with E-state index in [0.717, 1.165) is 11.3 Å². The summed E-state index contributed by atoms with van der Waals surface area (Å²) in [4.78, 5) is 0. The molecule has 100 valence electrons. The lowest BCUT2D eigenvalue weighted by Crippen LogP contribution is -1.85. The van der Waals surface area contributed by atoms with Gasteiger partial charge in [0.2, 0.25) is 0 Å². The third kappa shape index (κ3) is 3.33. The first kappa shape index (κ1) is 14.5. The molecule has 0 aliphatic heterocycles. The summed E-state index contributed by atoms with van der Waals surface area (Å²) in [6, 6.07) is 14.7. The molecule has 2 aromatic carbocycles. The van der Waals surface area contributed by atoms with E-state index in [0.29, 0.717) is 21.2 Å². The second-order valence-corrected chi connectivity index (χ2v) is 4.91. The molecule has 20 heavy (non-hydrogen) atoms. The van der Waals surface area contributed by atoms with Gasteiger partial charge in [-0.05, 0) is 35.9 Å². The van der Waals surface area contributed by atoms with E-state index < -0.39 is 0 Å². The molecule has 0 heterocycles. The Morgan fingerprint density at radius 2 is 1.85 bits per heavy atom. The van der Waals surface area contributed by atoms with Crippen molar-refractivity contribution in [3.8, 4) is 11.8 Å². The number of halogens is 2. The molecule has 0 bridgehead atoms. The highest BCUT2D eigenvalue weighted by Crippen LogP contribution is 2.28. The van der Waals surface area contributed by atoms with Gasteiger partial charge in [0.25, 0.3) is 0 Å². The number of hydrogen-bond acceptors (Lipinski definition) is 2. The molecule has 0 aromatic heterocycles. The van der Waals surface area contributed by atoms with Crippen molar-refractivity contribution in [1.82, 2.24) is 0 Å². The lowest BCUT2D eigenvalue weighted by Gasteiger charge is -2.04. The molecule has 0 atom stereocenters. The van der Waals surface area contributed by atoms with E-state index in [9.17, 15) is 5.26 Å². The Balaban J connectivity index is 2.40. The molecule has 2 rings (SSSR count). The summed E-state index contributed by atoms with van der Waals surface area (Å²) >= 11 is 12.0. The standard InChI is InChI=1S/C16H11Cl2NO/c1-20-14-5-2-11(3-6-14)8-12(10-19)15-7-4-13(17)9-16(15)18/h2-9H,1H3/b12-8+. The third-order valence-electron chi connectivity index (χ3n) is 2.77. The molecule has 0 amide bonds. The molecule has 0 unspecified atom stereocenters. The van der Waals surface area contributed by atoms with E-state index in [2.05, 4.69) is 6.07 Å². The first-order valence-corrected chi connectivity index (χ1v) is 6.61. The zero-order valence-electron chi connectivity index (χ0n) is 10.7. The fraction of sp³-hybridized carbons (Fsp3) is 0.0625. The van der Waals surface area contributed by atoms with Crippen LogP contribution in [0.4, 0.5) is 0 Å². The Kier molecular flexibility index (Phi) is 4.68. The van der Waals surface area contributed by atoms with Crippen LogP contribution >= 0.6 is 23.2 Å². The molecule has 0 spiro atoms. The second kappa shape index (κ2) is 6.47. The van der Waals surface area contributed by atoms with Crippen molar-refractivity contribution >= 4 is 34.9 Å². The van der Waals surface area contributed by atoms with E-state index >= 15 is 0 Å². The maximum Gasteiger partial charge on any atom is 0.118 e. The quantitative estimate of drug-likeness (QED) is 0.586. The van der Waals surface area contributed by atoms with Crippen molar-refractivity contribution in [3.63, 3.8) is 0 Å². The van der Waals surface area contributed by atoms with Crippen LogP contribution in [-0.4, -0.2) is 7.11 Å². The fourth-order valence-corrected chi connectivity index (χ4v) is 2.26. The van der Waals surface area contributed by atoms with Gasteiger partial charge in [0.05, 0.1) is 23.8 Å². The van der Waals surface area contributed by atoms with Gasteiger partial charge >= 0.3 is 0 Å². The van der Waals surface area contributed by atoms with Crippen molar-refractivity contribution in [2.24, 2.45) is 0 Å². The van der Waals surface area contributed by atoms with Crippen molar-refractivity contribution in [2.45, 2.75) is 0 Å². The van der Waals surface area contributed by atoms with E-state index in [1.807, 2.05) is 24.3 Å². The average molecular weight is 304 g/mol. The summed E-state index contributed by atoms with van der Waals surface area (Å²) in [5.41, 5.74) is 2.04. The van der Waals surface area contributed by atoms with Gasteiger partial charge < -0.3 is 4.74 Å². The zero-order chi connectivity index (χ0) is 14.5. The number of ether oxygens (including phenoxy) is 1.